The van der Waals surface area contributed by atoms with Gasteiger partial charge in [-0.3, -0.25) is 4.79 Å². The lowest BCUT2D eigenvalue weighted by molar-refractivity contribution is -0.141. The first-order valence-corrected chi connectivity index (χ1v) is 4.66. The van der Waals surface area contributed by atoms with E-state index in [0.717, 1.165) is 0 Å². The molecular formula is C8H11N3O3S. The largest absolute Gasteiger partial charge is 0.480 e. The van der Waals surface area contributed by atoms with Crippen LogP contribution >= 0.6 is 12.2 Å². The molecule has 0 radical (unpaired) electrons. The predicted molar refractivity (Wildman–Crippen MR) is 54.9 cm³/mol. The molecule has 0 bridgehead atoms. The van der Waals surface area contributed by atoms with Gasteiger partial charge in [0.2, 0.25) is 5.91 Å². The smallest absolute Gasteiger partial charge is 0.326 e. The van der Waals surface area contributed by atoms with E-state index in [4.69, 9.17) is 17.3 Å². The van der Waals surface area contributed by atoms with E-state index in [2.05, 4.69) is 15.3 Å². The van der Waals surface area contributed by atoms with Crippen molar-refractivity contribution in [2.45, 2.75) is 19.4 Å². The Morgan fingerprint density at radius 3 is 2.73 bits per heavy atom. The number of imidazole rings is 1. The maximum Gasteiger partial charge on any atom is 0.326 e. The number of hydrogen-bond acceptors (Lipinski definition) is 3. The second kappa shape index (κ2) is 4.74. The molecule has 1 aromatic heterocycles. The lowest BCUT2D eigenvalue weighted by Crippen LogP contribution is -2.41. The highest BCUT2D eigenvalue weighted by molar-refractivity contribution is 7.71. The van der Waals surface area contributed by atoms with Crippen molar-refractivity contribution in [2.24, 2.45) is 0 Å². The van der Waals surface area contributed by atoms with Crippen molar-refractivity contribution >= 4 is 24.1 Å². The van der Waals surface area contributed by atoms with Gasteiger partial charge in [-0.15, -0.1) is 0 Å². The number of carbonyl (C=O) groups excluding carboxylic acids is 1. The third kappa shape index (κ3) is 3.55. The van der Waals surface area contributed by atoms with Gasteiger partial charge in [0.1, 0.15) is 6.04 Å². The molecule has 0 fully saturated rings. The van der Waals surface area contributed by atoms with Gasteiger partial charge < -0.3 is 20.4 Å². The van der Waals surface area contributed by atoms with E-state index < -0.39 is 12.0 Å². The summed E-state index contributed by atoms with van der Waals surface area (Å²) in [5, 5.41) is 11.2. The van der Waals surface area contributed by atoms with E-state index in [9.17, 15) is 9.59 Å². The Balaban J connectivity index is 2.70. The second-order valence-corrected chi connectivity index (χ2v) is 3.47. The number of nitrogens with one attached hydrogen (secondary N) is 3. The molecule has 82 valence electrons. The van der Waals surface area contributed by atoms with Crippen LogP contribution in [-0.4, -0.2) is 33.0 Å². The third-order valence-electron chi connectivity index (χ3n) is 1.75. The average molecular weight is 229 g/mol. The summed E-state index contributed by atoms with van der Waals surface area (Å²) in [5.41, 5.74) is 0.640. The predicted octanol–water partition coefficient (Wildman–Crippen LogP) is 0.204. The highest BCUT2D eigenvalue weighted by atomic mass is 32.1. The van der Waals surface area contributed by atoms with Gasteiger partial charge in [-0.2, -0.15) is 0 Å². The summed E-state index contributed by atoms with van der Waals surface area (Å²) in [5.74, 6) is -1.46. The summed E-state index contributed by atoms with van der Waals surface area (Å²) in [6, 6.07) is -0.941. The summed E-state index contributed by atoms with van der Waals surface area (Å²) in [6.07, 6.45) is 1.75. The molecule has 1 rings (SSSR count). The van der Waals surface area contributed by atoms with E-state index in [1.165, 1.54) is 6.92 Å². The van der Waals surface area contributed by atoms with Gasteiger partial charge in [-0.1, -0.05) is 0 Å². The van der Waals surface area contributed by atoms with E-state index in [0.29, 0.717) is 10.5 Å². The fraction of sp³-hybridized carbons (Fsp3) is 0.375. The first-order chi connectivity index (χ1) is 6.99. The zero-order valence-corrected chi connectivity index (χ0v) is 8.85. The van der Waals surface area contributed by atoms with Gasteiger partial charge in [0.05, 0.1) is 0 Å². The second-order valence-electron chi connectivity index (χ2n) is 3.06. The highest BCUT2D eigenvalue weighted by Crippen LogP contribution is 1.99. The van der Waals surface area contributed by atoms with E-state index in [1.807, 2.05) is 0 Å². The van der Waals surface area contributed by atoms with E-state index >= 15 is 0 Å². The number of rotatable bonds is 4. The lowest BCUT2D eigenvalue weighted by Gasteiger charge is -2.11. The van der Waals surface area contributed by atoms with E-state index in [1.54, 1.807) is 6.20 Å². The Hall–Kier alpha value is -1.63. The summed E-state index contributed by atoms with van der Waals surface area (Å²) in [4.78, 5) is 27.0. The van der Waals surface area contributed by atoms with Crippen LogP contribution < -0.4 is 5.32 Å². The van der Waals surface area contributed by atoms with Crippen molar-refractivity contribution in [3.8, 4) is 0 Å². The van der Waals surface area contributed by atoms with E-state index in [-0.39, 0.29) is 12.3 Å². The number of aromatic nitrogens is 2. The molecule has 0 saturated heterocycles. The van der Waals surface area contributed by atoms with Gasteiger partial charge >= 0.3 is 5.97 Å². The number of aliphatic carboxylic acids is 1. The summed E-state index contributed by atoms with van der Waals surface area (Å²) in [7, 11) is 0. The van der Waals surface area contributed by atoms with Crippen molar-refractivity contribution in [3.63, 3.8) is 0 Å². The Labute approximate surface area is 90.7 Å². The maximum atomic E-state index is 10.8. The first-order valence-electron chi connectivity index (χ1n) is 4.25. The number of carboxylic acids is 1. The Morgan fingerprint density at radius 2 is 2.33 bits per heavy atom. The fourth-order valence-corrected chi connectivity index (χ4v) is 1.34. The van der Waals surface area contributed by atoms with Crippen molar-refractivity contribution in [2.75, 3.05) is 0 Å². The molecule has 0 aliphatic rings. The molecule has 0 unspecified atom stereocenters. The average Bonchev–Trinajstić information content (AvgIpc) is 2.49. The summed E-state index contributed by atoms with van der Waals surface area (Å²) in [6.45, 7) is 1.27. The van der Waals surface area contributed by atoms with Gasteiger partial charge in [-0.05, 0) is 12.2 Å². The van der Waals surface area contributed by atoms with Gasteiger partial charge in [0, 0.05) is 25.2 Å². The Morgan fingerprint density at radius 1 is 1.67 bits per heavy atom. The molecule has 0 aliphatic heterocycles. The number of carbonyl (C=O) groups is 2. The van der Waals surface area contributed by atoms with Crippen molar-refractivity contribution in [1.82, 2.24) is 15.3 Å². The first kappa shape index (κ1) is 11.4. The van der Waals surface area contributed by atoms with Crippen molar-refractivity contribution in [3.05, 3.63) is 16.7 Å². The molecule has 1 heterocycles. The topological polar surface area (TPSA) is 98.0 Å². The van der Waals surface area contributed by atoms with Gasteiger partial charge in [0.25, 0.3) is 0 Å². The molecule has 1 atom stereocenters. The highest BCUT2D eigenvalue weighted by Gasteiger charge is 2.19. The molecule has 1 amide bonds. The van der Waals surface area contributed by atoms with Crippen LogP contribution in [0.3, 0.4) is 0 Å². The molecule has 1 aromatic rings. The molecule has 0 aromatic carbocycles. The molecule has 0 saturated carbocycles. The minimum absolute atomic E-state index is 0.169. The van der Waals surface area contributed by atoms with Crippen LogP contribution in [0, 0.1) is 4.77 Å². The van der Waals surface area contributed by atoms with Crippen molar-refractivity contribution in [1.29, 1.82) is 0 Å². The molecule has 4 N–H and O–H groups in total. The van der Waals surface area contributed by atoms with Crippen LogP contribution in [0.1, 0.15) is 12.6 Å². The SMILES string of the molecule is CC(=O)N[C@H](Cc1c[nH]c(=S)[nH]1)C(=O)O. The lowest BCUT2D eigenvalue weighted by atomic mass is 10.1. The van der Waals surface area contributed by atoms with Crippen LogP contribution in [0.5, 0.6) is 0 Å². The maximum absolute atomic E-state index is 10.8. The van der Waals surface area contributed by atoms with Crippen LogP contribution in [0.2, 0.25) is 0 Å². The zero-order chi connectivity index (χ0) is 11.4. The zero-order valence-electron chi connectivity index (χ0n) is 8.03. The number of hydrogen-bond donors (Lipinski definition) is 4. The van der Waals surface area contributed by atoms with Crippen molar-refractivity contribution < 1.29 is 14.7 Å². The quantitative estimate of drug-likeness (QED) is 0.554. The Kier molecular flexibility index (Phi) is 3.62. The number of amides is 1. The number of aromatic amines is 2. The van der Waals surface area contributed by atoms with Crippen LogP contribution in [-0.2, 0) is 16.0 Å². The molecule has 0 spiro atoms. The van der Waals surface area contributed by atoms with Crippen LogP contribution in [0.25, 0.3) is 0 Å². The standard InChI is InChI=1S/C8H11N3O3S/c1-4(12)10-6(7(13)14)2-5-3-9-8(15)11-5/h3,6H,2H2,1H3,(H,10,12)(H,13,14)(H2,9,11,15)/t6-/m1/s1. The van der Waals surface area contributed by atoms with Crippen LogP contribution in [0.15, 0.2) is 6.20 Å². The van der Waals surface area contributed by atoms with Crippen LogP contribution in [0.4, 0.5) is 0 Å². The number of H-pyrrole nitrogens is 2. The fourth-order valence-electron chi connectivity index (χ4n) is 1.15. The Bertz CT molecular complexity index is 423. The summed E-state index contributed by atoms with van der Waals surface area (Å²) >= 11 is 4.79. The monoisotopic (exact) mass is 229 g/mol. The number of carboxylic acid groups (broad SMARTS) is 1. The molecule has 0 aliphatic carbocycles. The van der Waals surface area contributed by atoms with Gasteiger partial charge in [-0.25, -0.2) is 4.79 Å². The molecule has 15 heavy (non-hydrogen) atoms. The summed E-state index contributed by atoms with van der Waals surface area (Å²) < 4.78 is 0.428. The minimum atomic E-state index is -1.08. The minimum Gasteiger partial charge on any atom is -0.480 e. The van der Waals surface area contributed by atoms with Gasteiger partial charge in [0.15, 0.2) is 4.77 Å². The normalized spacial score (nSPS) is 12.1. The molecular weight excluding hydrogens is 218 g/mol. The molecule has 6 nitrogen and oxygen atoms in total. The molecule has 7 heteroatoms. The third-order valence-corrected chi connectivity index (χ3v) is 1.97.